The summed E-state index contributed by atoms with van der Waals surface area (Å²) in [5, 5.41) is 0. The first-order valence-corrected chi connectivity index (χ1v) is 8.17. The van der Waals surface area contributed by atoms with Gasteiger partial charge in [-0.3, -0.25) is 0 Å². The van der Waals surface area contributed by atoms with E-state index in [1.165, 1.54) is 21.0 Å². The molecule has 0 spiro atoms. The second-order valence-corrected chi connectivity index (χ2v) is 9.77. The molecule has 112 valence electrons. The fourth-order valence-corrected chi connectivity index (χ4v) is 3.50. The predicted octanol–water partition coefficient (Wildman–Crippen LogP) is 5.45. The molecule has 0 bridgehead atoms. The van der Waals surface area contributed by atoms with Gasteiger partial charge in [0.25, 0.3) is 0 Å². The van der Waals surface area contributed by atoms with Crippen LogP contribution in [0.2, 0.25) is 0 Å². The first-order valence-electron chi connectivity index (χ1n) is 7.35. The van der Waals surface area contributed by atoms with Gasteiger partial charge < -0.3 is 4.57 Å². The van der Waals surface area contributed by atoms with Gasteiger partial charge >= 0.3 is 0 Å². The van der Waals surface area contributed by atoms with Crippen molar-refractivity contribution < 1.29 is 0 Å². The van der Waals surface area contributed by atoms with E-state index in [4.69, 9.17) is 4.98 Å². The third-order valence-corrected chi connectivity index (χ3v) is 4.88. The number of fused-ring (bicyclic) bond motifs is 1. The minimum Gasteiger partial charge on any atom is -0.321 e. The number of rotatable bonds is 0. The van der Waals surface area contributed by atoms with Crippen molar-refractivity contribution in [3.8, 4) is 0 Å². The summed E-state index contributed by atoms with van der Waals surface area (Å²) in [5.41, 5.74) is 1.59. The molecule has 0 saturated heterocycles. The maximum absolute atomic E-state index is 4.97. The van der Waals surface area contributed by atoms with E-state index in [2.05, 4.69) is 72.9 Å². The lowest BCUT2D eigenvalue weighted by Crippen LogP contribution is -2.29. The van der Waals surface area contributed by atoms with Crippen molar-refractivity contribution in [2.75, 3.05) is 0 Å². The normalized spacial score (nSPS) is 14.2. The van der Waals surface area contributed by atoms with Crippen LogP contribution >= 0.6 is 11.3 Å². The standard InChI is InChI=1S/C17H28N2S/c1-15(2,3)12-10-11-13(20-12)18-14(16(4,5)6)19(11)17(7,8)9/h10H,1-9H3. The van der Waals surface area contributed by atoms with Crippen molar-refractivity contribution in [3.05, 3.63) is 16.8 Å². The smallest absolute Gasteiger partial charge is 0.142 e. The first kappa shape index (κ1) is 15.6. The summed E-state index contributed by atoms with van der Waals surface area (Å²) in [6.45, 7) is 20.3. The summed E-state index contributed by atoms with van der Waals surface area (Å²) >= 11 is 1.84. The summed E-state index contributed by atoms with van der Waals surface area (Å²) < 4.78 is 2.42. The molecule has 0 aliphatic carbocycles. The van der Waals surface area contributed by atoms with E-state index in [1.54, 1.807) is 0 Å². The van der Waals surface area contributed by atoms with Gasteiger partial charge in [0.1, 0.15) is 10.7 Å². The molecule has 0 radical (unpaired) electrons. The van der Waals surface area contributed by atoms with Gasteiger partial charge in [-0.15, -0.1) is 11.3 Å². The first-order chi connectivity index (χ1) is 8.82. The van der Waals surface area contributed by atoms with Crippen LogP contribution in [0.5, 0.6) is 0 Å². The Bertz CT molecular complexity index is 625. The highest BCUT2D eigenvalue weighted by molar-refractivity contribution is 7.18. The van der Waals surface area contributed by atoms with Gasteiger partial charge in [-0.05, 0) is 32.3 Å². The topological polar surface area (TPSA) is 17.8 Å². The van der Waals surface area contributed by atoms with Crippen LogP contribution in [-0.2, 0) is 16.4 Å². The third-order valence-electron chi connectivity index (χ3n) is 3.43. The Kier molecular flexibility index (Phi) is 3.37. The van der Waals surface area contributed by atoms with Gasteiger partial charge in [0, 0.05) is 15.8 Å². The predicted molar refractivity (Wildman–Crippen MR) is 90.0 cm³/mol. The van der Waals surface area contributed by atoms with E-state index in [-0.39, 0.29) is 16.4 Å². The largest absolute Gasteiger partial charge is 0.321 e. The molecule has 2 rings (SSSR count). The van der Waals surface area contributed by atoms with Crippen molar-refractivity contribution in [1.82, 2.24) is 9.55 Å². The van der Waals surface area contributed by atoms with Crippen LogP contribution in [0.15, 0.2) is 6.07 Å². The number of hydrogen-bond donors (Lipinski definition) is 0. The number of hydrogen-bond acceptors (Lipinski definition) is 2. The minimum atomic E-state index is 0.0492. The molecule has 0 aliphatic rings. The van der Waals surface area contributed by atoms with Gasteiger partial charge in [0.15, 0.2) is 0 Å². The molecule has 0 aromatic carbocycles. The molecule has 3 heteroatoms. The molecule has 2 aromatic heterocycles. The van der Waals surface area contributed by atoms with Gasteiger partial charge in [-0.2, -0.15) is 0 Å². The van der Waals surface area contributed by atoms with Gasteiger partial charge in [-0.1, -0.05) is 41.5 Å². The number of aromatic nitrogens is 2. The highest BCUT2D eigenvalue weighted by Crippen LogP contribution is 2.39. The monoisotopic (exact) mass is 292 g/mol. The Hall–Kier alpha value is -0.830. The summed E-state index contributed by atoms with van der Waals surface area (Å²) in [5.74, 6) is 1.19. The number of imidazole rings is 1. The maximum Gasteiger partial charge on any atom is 0.142 e. The lowest BCUT2D eigenvalue weighted by molar-refractivity contribution is 0.364. The lowest BCUT2D eigenvalue weighted by Gasteiger charge is -2.29. The quantitative estimate of drug-likeness (QED) is 0.631. The summed E-state index contributed by atoms with van der Waals surface area (Å²) in [6, 6.07) is 2.34. The van der Waals surface area contributed by atoms with Gasteiger partial charge in [0.05, 0.1) is 5.52 Å². The molecular formula is C17H28N2S. The Morgan fingerprint density at radius 2 is 1.45 bits per heavy atom. The molecule has 2 heterocycles. The summed E-state index contributed by atoms with van der Waals surface area (Å²) in [4.78, 5) is 7.55. The van der Waals surface area contributed by atoms with Crippen molar-refractivity contribution in [3.63, 3.8) is 0 Å². The van der Waals surface area contributed by atoms with Crippen molar-refractivity contribution in [2.24, 2.45) is 0 Å². The van der Waals surface area contributed by atoms with Crippen LogP contribution in [0.1, 0.15) is 73.0 Å². The van der Waals surface area contributed by atoms with Crippen LogP contribution in [0, 0.1) is 0 Å². The second-order valence-electron chi connectivity index (χ2n) is 8.74. The van der Waals surface area contributed by atoms with Crippen LogP contribution in [0.25, 0.3) is 10.3 Å². The third kappa shape index (κ3) is 2.65. The molecule has 20 heavy (non-hydrogen) atoms. The fraction of sp³-hybridized carbons (Fsp3) is 0.706. The van der Waals surface area contributed by atoms with Gasteiger partial charge in [-0.25, -0.2) is 4.98 Å². The van der Waals surface area contributed by atoms with E-state index in [1.807, 2.05) is 11.3 Å². The fourth-order valence-electron chi connectivity index (χ4n) is 2.42. The SMILES string of the molecule is CC(C)(C)c1cc2c(nc(C(C)(C)C)n2C(C)(C)C)s1. The Morgan fingerprint density at radius 3 is 1.85 bits per heavy atom. The molecule has 0 atom stereocenters. The van der Waals surface area contributed by atoms with Crippen LogP contribution in [0.3, 0.4) is 0 Å². The molecule has 0 aliphatic heterocycles. The molecule has 0 N–H and O–H groups in total. The zero-order chi connectivity index (χ0) is 15.5. The molecule has 2 aromatic rings. The molecule has 0 fully saturated rings. The lowest BCUT2D eigenvalue weighted by atomic mass is 9.93. The van der Waals surface area contributed by atoms with Crippen molar-refractivity contribution in [2.45, 2.75) is 78.7 Å². The highest BCUT2D eigenvalue weighted by Gasteiger charge is 2.30. The van der Waals surface area contributed by atoms with E-state index < -0.39 is 0 Å². The molecule has 2 nitrogen and oxygen atoms in total. The molecular weight excluding hydrogens is 264 g/mol. The number of nitrogens with zero attached hydrogens (tertiary/aromatic N) is 2. The molecule has 0 amide bonds. The zero-order valence-corrected chi connectivity index (χ0v) is 15.2. The van der Waals surface area contributed by atoms with Crippen LogP contribution in [-0.4, -0.2) is 9.55 Å². The summed E-state index contributed by atoms with van der Waals surface area (Å²) in [7, 11) is 0. The average Bonchev–Trinajstić information content (AvgIpc) is 2.66. The Labute approximate surface area is 127 Å². The van der Waals surface area contributed by atoms with Crippen molar-refractivity contribution in [1.29, 1.82) is 0 Å². The Balaban J connectivity index is 2.77. The van der Waals surface area contributed by atoms with Crippen LogP contribution in [0.4, 0.5) is 0 Å². The average molecular weight is 292 g/mol. The molecule has 0 unspecified atom stereocenters. The molecule has 0 saturated carbocycles. The number of thiophene rings is 1. The van der Waals surface area contributed by atoms with E-state index >= 15 is 0 Å². The summed E-state index contributed by atoms with van der Waals surface area (Å²) in [6.07, 6.45) is 0. The zero-order valence-electron chi connectivity index (χ0n) is 14.4. The van der Waals surface area contributed by atoms with Gasteiger partial charge in [0.2, 0.25) is 0 Å². The van der Waals surface area contributed by atoms with E-state index in [0.717, 1.165) is 0 Å². The second kappa shape index (κ2) is 4.33. The van der Waals surface area contributed by atoms with E-state index in [0.29, 0.717) is 0 Å². The van der Waals surface area contributed by atoms with E-state index in [9.17, 15) is 0 Å². The highest BCUT2D eigenvalue weighted by atomic mass is 32.1. The maximum atomic E-state index is 4.97. The minimum absolute atomic E-state index is 0.0492. The van der Waals surface area contributed by atoms with Crippen molar-refractivity contribution >= 4 is 21.7 Å². The Morgan fingerprint density at radius 1 is 0.900 bits per heavy atom. The van der Waals surface area contributed by atoms with Crippen LogP contribution < -0.4 is 0 Å².